The molecular formula is C17H21N5. The van der Waals surface area contributed by atoms with Crippen molar-refractivity contribution in [2.45, 2.75) is 12.6 Å². The van der Waals surface area contributed by atoms with Gasteiger partial charge < -0.3 is 0 Å². The molecule has 114 valence electrons. The minimum absolute atomic E-state index is 0.137. The van der Waals surface area contributed by atoms with Gasteiger partial charge >= 0.3 is 0 Å². The van der Waals surface area contributed by atoms with Crippen LogP contribution in [0.5, 0.6) is 0 Å². The zero-order chi connectivity index (χ0) is 15.4. The van der Waals surface area contributed by atoms with Crippen LogP contribution in [0.1, 0.15) is 17.2 Å². The Morgan fingerprint density at radius 2 is 1.91 bits per heavy atom. The Labute approximate surface area is 131 Å². The van der Waals surface area contributed by atoms with Crippen LogP contribution in [0.2, 0.25) is 0 Å². The molecule has 0 aliphatic carbocycles. The van der Waals surface area contributed by atoms with E-state index in [2.05, 4.69) is 27.2 Å². The first-order valence-corrected chi connectivity index (χ1v) is 7.65. The Balaban J connectivity index is 1.58. The van der Waals surface area contributed by atoms with Gasteiger partial charge in [-0.25, -0.2) is 0 Å². The fourth-order valence-corrected chi connectivity index (χ4v) is 2.99. The molecule has 5 nitrogen and oxygen atoms in total. The van der Waals surface area contributed by atoms with Crippen molar-refractivity contribution >= 4 is 0 Å². The molecule has 1 aromatic carbocycles. The second kappa shape index (κ2) is 6.73. The summed E-state index contributed by atoms with van der Waals surface area (Å²) in [6, 6.07) is 12.4. The fraction of sp³-hybridized carbons (Fsp3) is 0.412. The van der Waals surface area contributed by atoms with Gasteiger partial charge in [-0.05, 0) is 5.56 Å². The van der Waals surface area contributed by atoms with Crippen molar-refractivity contribution in [1.29, 1.82) is 5.26 Å². The first-order valence-electron chi connectivity index (χ1n) is 7.65. The van der Waals surface area contributed by atoms with E-state index < -0.39 is 0 Å². The van der Waals surface area contributed by atoms with E-state index in [1.54, 1.807) is 0 Å². The summed E-state index contributed by atoms with van der Waals surface area (Å²) in [5.41, 5.74) is 2.33. The number of nitriles is 1. The van der Waals surface area contributed by atoms with E-state index in [4.69, 9.17) is 0 Å². The molecule has 2 heterocycles. The maximum Gasteiger partial charge on any atom is 0.123 e. The Kier molecular flexibility index (Phi) is 4.52. The first kappa shape index (κ1) is 14.8. The maximum absolute atomic E-state index is 9.52. The van der Waals surface area contributed by atoms with Crippen LogP contribution in [0.4, 0.5) is 0 Å². The van der Waals surface area contributed by atoms with Gasteiger partial charge in [-0.1, -0.05) is 30.3 Å². The Morgan fingerprint density at radius 3 is 2.50 bits per heavy atom. The van der Waals surface area contributed by atoms with Crippen LogP contribution in [-0.2, 0) is 13.6 Å². The van der Waals surface area contributed by atoms with Crippen molar-refractivity contribution < 1.29 is 0 Å². The predicted octanol–water partition coefficient (Wildman–Crippen LogP) is 1.80. The molecular weight excluding hydrogens is 274 g/mol. The molecule has 0 amide bonds. The Hall–Kier alpha value is -2.16. The van der Waals surface area contributed by atoms with Gasteiger partial charge in [-0.15, -0.1) is 0 Å². The summed E-state index contributed by atoms with van der Waals surface area (Å²) >= 11 is 0. The number of rotatable bonds is 4. The van der Waals surface area contributed by atoms with E-state index >= 15 is 0 Å². The summed E-state index contributed by atoms with van der Waals surface area (Å²) < 4.78 is 1.84. The number of benzene rings is 1. The smallest absolute Gasteiger partial charge is 0.123 e. The van der Waals surface area contributed by atoms with Crippen molar-refractivity contribution in [1.82, 2.24) is 19.6 Å². The quantitative estimate of drug-likeness (QED) is 0.863. The molecule has 3 rings (SSSR count). The van der Waals surface area contributed by atoms with Crippen LogP contribution in [0.15, 0.2) is 42.7 Å². The molecule has 1 aliphatic heterocycles. The van der Waals surface area contributed by atoms with Crippen LogP contribution >= 0.6 is 0 Å². The van der Waals surface area contributed by atoms with Crippen molar-refractivity contribution in [3.05, 3.63) is 53.9 Å². The summed E-state index contributed by atoms with van der Waals surface area (Å²) in [5, 5.41) is 13.7. The molecule has 0 unspecified atom stereocenters. The van der Waals surface area contributed by atoms with E-state index in [1.807, 2.05) is 48.3 Å². The maximum atomic E-state index is 9.52. The second-order valence-corrected chi connectivity index (χ2v) is 5.78. The fourth-order valence-electron chi connectivity index (χ4n) is 2.99. The summed E-state index contributed by atoms with van der Waals surface area (Å²) in [7, 11) is 1.94. The number of aryl methyl sites for hydroxylation is 1. The van der Waals surface area contributed by atoms with Crippen LogP contribution in [-0.4, -0.2) is 45.8 Å². The molecule has 1 aromatic heterocycles. The number of aromatic nitrogens is 2. The van der Waals surface area contributed by atoms with Gasteiger partial charge in [-0.2, -0.15) is 10.4 Å². The second-order valence-electron chi connectivity index (χ2n) is 5.78. The number of nitrogens with zero attached hydrogens (tertiary/aromatic N) is 5. The van der Waals surface area contributed by atoms with Gasteiger partial charge in [0.25, 0.3) is 0 Å². The standard InChI is InChI=1S/C17H21N5/c1-20-13-15(12-19-20)14-21-7-9-22(10-8-21)17(11-18)16-5-3-2-4-6-16/h2-6,12-13,17H,7-10,14H2,1H3/t17-/m0/s1. The molecule has 0 radical (unpaired) electrons. The van der Waals surface area contributed by atoms with E-state index in [0.717, 1.165) is 38.3 Å². The lowest BCUT2D eigenvalue weighted by atomic mass is 10.1. The van der Waals surface area contributed by atoms with Crippen LogP contribution in [0, 0.1) is 11.3 Å². The third-order valence-corrected chi connectivity index (χ3v) is 4.17. The molecule has 0 bridgehead atoms. The van der Waals surface area contributed by atoms with Crippen molar-refractivity contribution in [2.24, 2.45) is 7.05 Å². The number of hydrogen-bond donors (Lipinski definition) is 0. The molecule has 0 N–H and O–H groups in total. The van der Waals surface area contributed by atoms with Gasteiger partial charge in [0.15, 0.2) is 0 Å². The third-order valence-electron chi connectivity index (χ3n) is 4.17. The Bertz CT molecular complexity index is 635. The van der Waals surface area contributed by atoms with Gasteiger partial charge in [0, 0.05) is 51.5 Å². The molecule has 0 spiro atoms. The highest BCUT2D eigenvalue weighted by Gasteiger charge is 2.24. The lowest BCUT2D eigenvalue weighted by Crippen LogP contribution is -2.46. The van der Waals surface area contributed by atoms with Gasteiger partial charge in [0.1, 0.15) is 6.04 Å². The van der Waals surface area contributed by atoms with E-state index in [1.165, 1.54) is 5.56 Å². The van der Waals surface area contributed by atoms with Crippen LogP contribution in [0.25, 0.3) is 0 Å². The van der Waals surface area contributed by atoms with E-state index in [9.17, 15) is 5.26 Å². The summed E-state index contributed by atoms with van der Waals surface area (Å²) in [6.07, 6.45) is 3.99. The topological polar surface area (TPSA) is 48.1 Å². The van der Waals surface area contributed by atoms with Crippen LogP contribution in [0.3, 0.4) is 0 Å². The van der Waals surface area contributed by atoms with Crippen molar-refractivity contribution in [2.75, 3.05) is 26.2 Å². The van der Waals surface area contributed by atoms with Crippen molar-refractivity contribution in [3.8, 4) is 6.07 Å². The van der Waals surface area contributed by atoms with Gasteiger partial charge in [0.05, 0.1) is 12.3 Å². The zero-order valence-corrected chi connectivity index (χ0v) is 12.9. The highest BCUT2D eigenvalue weighted by molar-refractivity contribution is 5.24. The molecule has 1 atom stereocenters. The minimum Gasteiger partial charge on any atom is -0.296 e. The normalized spacial score (nSPS) is 18.0. The van der Waals surface area contributed by atoms with Gasteiger partial charge in [-0.3, -0.25) is 14.5 Å². The average Bonchev–Trinajstić information content (AvgIpc) is 2.96. The average molecular weight is 295 g/mol. The zero-order valence-electron chi connectivity index (χ0n) is 12.9. The van der Waals surface area contributed by atoms with Crippen molar-refractivity contribution in [3.63, 3.8) is 0 Å². The minimum atomic E-state index is -0.137. The van der Waals surface area contributed by atoms with E-state index in [0.29, 0.717) is 0 Å². The SMILES string of the molecule is Cn1cc(CN2CCN([C@@H](C#N)c3ccccc3)CC2)cn1. The van der Waals surface area contributed by atoms with Gasteiger partial charge in [0.2, 0.25) is 0 Å². The Morgan fingerprint density at radius 1 is 1.18 bits per heavy atom. The first-order chi connectivity index (χ1) is 10.8. The number of piperazine rings is 1. The highest BCUT2D eigenvalue weighted by Crippen LogP contribution is 2.21. The molecule has 2 aromatic rings. The summed E-state index contributed by atoms with van der Waals surface area (Å²) in [4.78, 5) is 4.70. The monoisotopic (exact) mass is 295 g/mol. The third kappa shape index (κ3) is 3.35. The number of hydrogen-bond acceptors (Lipinski definition) is 4. The van der Waals surface area contributed by atoms with Crippen LogP contribution < -0.4 is 0 Å². The molecule has 5 heteroatoms. The summed E-state index contributed by atoms with van der Waals surface area (Å²) in [5.74, 6) is 0. The largest absolute Gasteiger partial charge is 0.296 e. The molecule has 22 heavy (non-hydrogen) atoms. The van der Waals surface area contributed by atoms with E-state index in [-0.39, 0.29) is 6.04 Å². The highest BCUT2D eigenvalue weighted by atomic mass is 15.3. The molecule has 0 saturated carbocycles. The lowest BCUT2D eigenvalue weighted by molar-refractivity contribution is 0.109. The lowest BCUT2D eigenvalue weighted by Gasteiger charge is -2.36. The molecule has 1 saturated heterocycles. The molecule has 1 fully saturated rings. The summed E-state index contributed by atoms with van der Waals surface area (Å²) in [6.45, 7) is 4.75. The molecule has 1 aliphatic rings. The predicted molar refractivity (Wildman–Crippen MR) is 84.9 cm³/mol.